The lowest BCUT2D eigenvalue weighted by Crippen LogP contribution is -2.53. The van der Waals surface area contributed by atoms with Crippen molar-refractivity contribution in [3.05, 3.63) is 60.4 Å². The van der Waals surface area contributed by atoms with Crippen LogP contribution in [0.15, 0.2) is 54.9 Å². The zero-order chi connectivity index (χ0) is 16.9. The van der Waals surface area contributed by atoms with E-state index < -0.39 is 0 Å². The van der Waals surface area contributed by atoms with Crippen LogP contribution < -0.4 is 4.90 Å². The van der Waals surface area contributed by atoms with Gasteiger partial charge in [-0.2, -0.15) is 0 Å². The molecule has 1 aromatic carbocycles. The highest BCUT2D eigenvalue weighted by Gasteiger charge is 2.27. The molecular formula is C21H28N4. The summed E-state index contributed by atoms with van der Waals surface area (Å²) in [6, 6.07) is 15.8. The summed E-state index contributed by atoms with van der Waals surface area (Å²) in [6.07, 6.45) is 6.44. The molecule has 0 saturated carbocycles. The molecule has 4 heteroatoms. The monoisotopic (exact) mass is 336 g/mol. The van der Waals surface area contributed by atoms with Crippen molar-refractivity contribution >= 4 is 5.69 Å². The zero-order valence-electron chi connectivity index (χ0n) is 14.9. The standard InChI is InChI=1S/C21H28N4/c1-2-6-20(7-3-1)24-13-15-25(16-14-24)21-8-11-23(12-9-21)18-19-5-4-10-22-17-19/h1-7,10,17,21H,8-9,11-16,18H2. The lowest BCUT2D eigenvalue weighted by molar-refractivity contribution is 0.0998. The van der Waals surface area contributed by atoms with Crippen LogP contribution >= 0.6 is 0 Å². The first kappa shape index (κ1) is 16.6. The molecule has 0 amide bonds. The summed E-state index contributed by atoms with van der Waals surface area (Å²) in [6.45, 7) is 8.16. The summed E-state index contributed by atoms with van der Waals surface area (Å²) in [5.74, 6) is 0. The van der Waals surface area contributed by atoms with Crippen LogP contribution in [0, 0.1) is 0 Å². The van der Waals surface area contributed by atoms with E-state index in [1.54, 1.807) is 0 Å². The molecule has 0 unspecified atom stereocenters. The fourth-order valence-electron chi connectivity index (χ4n) is 4.18. The first-order valence-corrected chi connectivity index (χ1v) is 9.54. The third kappa shape index (κ3) is 4.20. The van der Waals surface area contributed by atoms with Crippen LogP contribution in [-0.4, -0.2) is 60.1 Å². The minimum atomic E-state index is 0.767. The van der Waals surface area contributed by atoms with Gasteiger partial charge in [-0.05, 0) is 49.7 Å². The summed E-state index contributed by atoms with van der Waals surface area (Å²) in [5.41, 5.74) is 2.70. The van der Waals surface area contributed by atoms with Gasteiger partial charge in [-0.15, -0.1) is 0 Å². The third-order valence-electron chi connectivity index (χ3n) is 5.64. The number of anilines is 1. The Morgan fingerprint density at radius 2 is 1.60 bits per heavy atom. The number of piperidine rings is 1. The van der Waals surface area contributed by atoms with Gasteiger partial charge >= 0.3 is 0 Å². The van der Waals surface area contributed by atoms with Gasteiger partial charge in [0.2, 0.25) is 0 Å². The zero-order valence-corrected chi connectivity index (χ0v) is 14.9. The van der Waals surface area contributed by atoms with E-state index in [0.717, 1.165) is 25.7 Å². The largest absolute Gasteiger partial charge is 0.369 e. The molecule has 4 nitrogen and oxygen atoms in total. The summed E-state index contributed by atoms with van der Waals surface area (Å²) in [7, 11) is 0. The van der Waals surface area contributed by atoms with Crippen molar-refractivity contribution in [1.29, 1.82) is 0 Å². The van der Waals surface area contributed by atoms with Crippen LogP contribution in [-0.2, 0) is 6.54 Å². The minimum Gasteiger partial charge on any atom is -0.369 e. The van der Waals surface area contributed by atoms with Crippen molar-refractivity contribution in [2.24, 2.45) is 0 Å². The number of aromatic nitrogens is 1. The van der Waals surface area contributed by atoms with Gasteiger partial charge in [0, 0.05) is 56.8 Å². The van der Waals surface area contributed by atoms with Crippen LogP contribution in [0.5, 0.6) is 0 Å². The summed E-state index contributed by atoms with van der Waals surface area (Å²) in [4.78, 5) is 12.1. The molecule has 4 rings (SSSR count). The van der Waals surface area contributed by atoms with E-state index >= 15 is 0 Å². The second kappa shape index (κ2) is 7.98. The van der Waals surface area contributed by atoms with Crippen LogP contribution in [0.3, 0.4) is 0 Å². The second-order valence-corrected chi connectivity index (χ2v) is 7.23. The SMILES string of the molecule is c1ccc(N2CCN(C3CCN(Cc4cccnc4)CC3)CC2)cc1. The number of rotatable bonds is 4. The maximum Gasteiger partial charge on any atom is 0.0367 e. The minimum absolute atomic E-state index is 0.767. The van der Waals surface area contributed by atoms with Crippen LogP contribution in [0.2, 0.25) is 0 Å². The highest BCUT2D eigenvalue weighted by Crippen LogP contribution is 2.22. The smallest absolute Gasteiger partial charge is 0.0367 e. The molecular weight excluding hydrogens is 308 g/mol. The Labute approximate surface area is 151 Å². The molecule has 0 N–H and O–H groups in total. The van der Waals surface area contributed by atoms with Crippen molar-refractivity contribution in [2.45, 2.75) is 25.4 Å². The van der Waals surface area contributed by atoms with E-state index in [1.807, 2.05) is 18.5 Å². The van der Waals surface area contributed by atoms with E-state index in [9.17, 15) is 0 Å². The molecule has 25 heavy (non-hydrogen) atoms. The molecule has 2 aliphatic heterocycles. The van der Waals surface area contributed by atoms with E-state index in [1.165, 1.54) is 50.3 Å². The molecule has 0 spiro atoms. The molecule has 2 aromatic rings. The number of nitrogens with zero attached hydrogens (tertiary/aromatic N) is 4. The van der Waals surface area contributed by atoms with Gasteiger partial charge in [0.25, 0.3) is 0 Å². The number of likely N-dealkylation sites (tertiary alicyclic amines) is 1. The normalized spacial score (nSPS) is 20.7. The Bertz CT molecular complexity index is 629. The van der Waals surface area contributed by atoms with Crippen LogP contribution in [0.1, 0.15) is 18.4 Å². The Morgan fingerprint density at radius 3 is 2.28 bits per heavy atom. The topological polar surface area (TPSA) is 22.6 Å². The van der Waals surface area contributed by atoms with E-state index in [2.05, 4.69) is 56.1 Å². The van der Waals surface area contributed by atoms with Gasteiger partial charge < -0.3 is 4.90 Å². The van der Waals surface area contributed by atoms with Crippen molar-refractivity contribution in [1.82, 2.24) is 14.8 Å². The van der Waals surface area contributed by atoms with Crippen LogP contribution in [0.25, 0.3) is 0 Å². The lowest BCUT2D eigenvalue weighted by Gasteiger charge is -2.43. The number of pyridine rings is 1. The number of benzene rings is 1. The first-order valence-electron chi connectivity index (χ1n) is 9.54. The third-order valence-corrected chi connectivity index (χ3v) is 5.64. The maximum atomic E-state index is 4.23. The average Bonchev–Trinajstić information content (AvgIpc) is 2.70. The summed E-state index contributed by atoms with van der Waals surface area (Å²) >= 11 is 0. The Hall–Kier alpha value is -1.91. The number of hydrogen-bond donors (Lipinski definition) is 0. The fourth-order valence-corrected chi connectivity index (χ4v) is 4.18. The Balaban J connectivity index is 1.24. The van der Waals surface area contributed by atoms with Crippen molar-refractivity contribution in [2.75, 3.05) is 44.2 Å². The van der Waals surface area contributed by atoms with Crippen molar-refractivity contribution in [3.8, 4) is 0 Å². The van der Waals surface area contributed by atoms with E-state index in [4.69, 9.17) is 0 Å². The highest BCUT2D eigenvalue weighted by atomic mass is 15.3. The molecule has 2 fully saturated rings. The molecule has 0 atom stereocenters. The summed E-state index contributed by atoms with van der Waals surface area (Å²) in [5, 5.41) is 0. The highest BCUT2D eigenvalue weighted by molar-refractivity contribution is 5.46. The van der Waals surface area contributed by atoms with Gasteiger partial charge in [0.1, 0.15) is 0 Å². The number of piperazine rings is 1. The average molecular weight is 336 g/mol. The van der Waals surface area contributed by atoms with Gasteiger partial charge in [-0.3, -0.25) is 14.8 Å². The van der Waals surface area contributed by atoms with E-state index in [0.29, 0.717) is 0 Å². The first-order chi connectivity index (χ1) is 12.4. The maximum absolute atomic E-state index is 4.23. The molecule has 0 aliphatic carbocycles. The quantitative estimate of drug-likeness (QED) is 0.856. The number of para-hydroxylation sites is 1. The van der Waals surface area contributed by atoms with Gasteiger partial charge in [-0.25, -0.2) is 0 Å². The van der Waals surface area contributed by atoms with Gasteiger partial charge in [0.15, 0.2) is 0 Å². The molecule has 0 radical (unpaired) electrons. The van der Waals surface area contributed by atoms with Crippen molar-refractivity contribution in [3.63, 3.8) is 0 Å². The summed E-state index contributed by atoms with van der Waals surface area (Å²) < 4.78 is 0. The Morgan fingerprint density at radius 1 is 0.840 bits per heavy atom. The van der Waals surface area contributed by atoms with Crippen LogP contribution in [0.4, 0.5) is 5.69 Å². The van der Waals surface area contributed by atoms with Gasteiger partial charge in [-0.1, -0.05) is 24.3 Å². The molecule has 2 aliphatic rings. The lowest BCUT2D eigenvalue weighted by atomic mass is 10.0. The fraction of sp³-hybridized carbons (Fsp3) is 0.476. The molecule has 3 heterocycles. The molecule has 0 bridgehead atoms. The van der Waals surface area contributed by atoms with Crippen molar-refractivity contribution < 1.29 is 0 Å². The molecule has 2 saturated heterocycles. The predicted octanol–water partition coefficient (Wildman–Crippen LogP) is 2.87. The second-order valence-electron chi connectivity index (χ2n) is 7.23. The van der Waals surface area contributed by atoms with E-state index in [-0.39, 0.29) is 0 Å². The number of hydrogen-bond acceptors (Lipinski definition) is 4. The predicted molar refractivity (Wildman–Crippen MR) is 103 cm³/mol. The Kier molecular flexibility index (Phi) is 5.28. The molecule has 1 aromatic heterocycles. The van der Waals surface area contributed by atoms with Gasteiger partial charge in [0.05, 0.1) is 0 Å². The molecule has 132 valence electrons.